The summed E-state index contributed by atoms with van der Waals surface area (Å²) in [5, 5.41) is 4.75. The number of aryl methyl sites for hydroxylation is 2. The number of imidazole rings is 1. The summed E-state index contributed by atoms with van der Waals surface area (Å²) >= 11 is 0. The number of alkyl halides is 3. The molecule has 0 bridgehead atoms. The minimum atomic E-state index is -4.81. The lowest BCUT2D eigenvalue weighted by Crippen LogP contribution is -2.17. The van der Waals surface area contributed by atoms with Gasteiger partial charge >= 0.3 is 6.36 Å². The Morgan fingerprint density at radius 2 is 1.76 bits per heavy atom. The summed E-state index contributed by atoms with van der Waals surface area (Å²) in [5.74, 6) is 1.03. The largest absolute Gasteiger partial charge is 0.573 e. The average molecular weight is 638 g/mol. The molecule has 6 rings (SSSR count). The van der Waals surface area contributed by atoms with Crippen LogP contribution in [0.1, 0.15) is 42.5 Å². The van der Waals surface area contributed by atoms with Crippen molar-refractivity contribution >= 4 is 37.8 Å². The number of fused-ring (bicyclic) bond motifs is 2. The predicted octanol–water partition coefficient (Wildman–Crippen LogP) is 7.68. The molecule has 0 aliphatic heterocycles. The minimum Gasteiger partial charge on any atom is -0.406 e. The van der Waals surface area contributed by atoms with Gasteiger partial charge in [0.15, 0.2) is 5.82 Å². The van der Waals surface area contributed by atoms with E-state index in [2.05, 4.69) is 26.5 Å². The quantitative estimate of drug-likeness (QED) is 0.165. The molecule has 6 aromatic rings. The molecular weight excluding hydrogens is 607 g/mol. The number of hydrogen-bond acceptors (Lipinski definition) is 6. The number of ether oxygens (including phenoxy) is 1. The Morgan fingerprint density at radius 1 is 1.00 bits per heavy atom. The van der Waals surface area contributed by atoms with E-state index in [0.29, 0.717) is 41.0 Å². The molecule has 234 valence electrons. The van der Waals surface area contributed by atoms with Gasteiger partial charge in [0.25, 0.3) is 10.0 Å². The van der Waals surface area contributed by atoms with Gasteiger partial charge in [-0.3, -0.25) is 4.72 Å². The maximum atomic E-state index is 13.7. The Morgan fingerprint density at radius 3 is 2.49 bits per heavy atom. The number of nitrogens with zero attached hydrogens (tertiary/aromatic N) is 4. The van der Waals surface area contributed by atoms with Gasteiger partial charge in [-0.25, -0.2) is 13.4 Å². The van der Waals surface area contributed by atoms with Crippen LogP contribution in [0.25, 0.3) is 27.6 Å². The number of para-hydroxylation sites is 2. The Kier molecular flexibility index (Phi) is 7.81. The number of nitrogens with one attached hydrogen (secondary N) is 1. The molecule has 3 heterocycles. The van der Waals surface area contributed by atoms with Crippen molar-refractivity contribution in [3.8, 4) is 11.4 Å². The van der Waals surface area contributed by atoms with Gasteiger partial charge in [0.05, 0.1) is 28.8 Å². The van der Waals surface area contributed by atoms with Crippen LogP contribution in [0.2, 0.25) is 0 Å². The third-order valence-electron chi connectivity index (χ3n) is 7.71. The second-order valence-corrected chi connectivity index (χ2v) is 12.4. The summed E-state index contributed by atoms with van der Waals surface area (Å²) < 4.78 is 81.7. The van der Waals surface area contributed by atoms with Crippen molar-refractivity contribution in [2.24, 2.45) is 0 Å². The molecule has 0 spiro atoms. The van der Waals surface area contributed by atoms with Crippen LogP contribution < -0.4 is 9.46 Å². The third-order valence-corrected chi connectivity index (χ3v) is 9.10. The average Bonchev–Trinajstić information content (AvgIpc) is 3.64. The molecule has 0 aliphatic carbocycles. The minimum absolute atomic E-state index is 0.0475. The van der Waals surface area contributed by atoms with Gasteiger partial charge in [0.1, 0.15) is 22.2 Å². The SMILES string of the molecule is CCCCc1nc2cc(OC(F)(F)F)ccc2n1Cc1cn(-c2ccccc2S(=O)(=O)Nc2noc(C)c2C)c2ccccc12. The number of aromatic nitrogens is 4. The van der Waals surface area contributed by atoms with Crippen molar-refractivity contribution in [2.75, 3.05) is 4.72 Å². The molecule has 0 atom stereocenters. The van der Waals surface area contributed by atoms with Crippen molar-refractivity contribution in [3.05, 3.63) is 95.6 Å². The summed E-state index contributed by atoms with van der Waals surface area (Å²) in [6.45, 7) is 5.84. The van der Waals surface area contributed by atoms with E-state index in [9.17, 15) is 21.6 Å². The standard InChI is InChI=1S/C32H30F3N5O4S/c1-4-5-14-30-36-25-17-23(43-32(33,34)35)15-16-27(25)40(30)19-22-18-39(26-11-7-6-10-24(22)26)28-12-8-9-13-29(28)45(41,42)38-31-20(2)21(3)44-37-31/h6-13,15-18H,4-5,14,19H2,1-3H3,(H,37,38). The smallest absolute Gasteiger partial charge is 0.406 e. The predicted molar refractivity (Wildman–Crippen MR) is 164 cm³/mol. The molecule has 0 saturated carbocycles. The molecular formula is C32H30F3N5O4S. The van der Waals surface area contributed by atoms with Gasteiger partial charge in [-0.05, 0) is 56.2 Å². The zero-order valence-corrected chi connectivity index (χ0v) is 25.5. The first-order chi connectivity index (χ1) is 21.4. The molecule has 45 heavy (non-hydrogen) atoms. The van der Waals surface area contributed by atoms with Crippen LogP contribution in [0.3, 0.4) is 0 Å². The lowest BCUT2D eigenvalue weighted by molar-refractivity contribution is -0.274. The fourth-order valence-corrected chi connectivity index (χ4v) is 6.64. The van der Waals surface area contributed by atoms with E-state index in [0.717, 1.165) is 35.1 Å². The second kappa shape index (κ2) is 11.6. The molecule has 13 heteroatoms. The molecule has 0 amide bonds. The Bertz CT molecular complexity index is 2130. The topological polar surface area (TPSA) is 104 Å². The molecule has 0 unspecified atom stereocenters. The fraction of sp³-hybridized carbons (Fsp3) is 0.250. The van der Waals surface area contributed by atoms with E-state index in [-0.39, 0.29) is 16.5 Å². The number of benzene rings is 3. The van der Waals surface area contributed by atoms with E-state index in [1.807, 2.05) is 39.6 Å². The van der Waals surface area contributed by atoms with Crippen LogP contribution >= 0.6 is 0 Å². The van der Waals surface area contributed by atoms with Crippen molar-refractivity contribution in [1.82, 2.24) is 19.3 Å². The number of halogens is 3. The van der Waals surface area contributed by atoms with Crippen molar-refractivity contribution in [3.63, 3.8) is 0 Å². The number of unbranched alkanes of at least 4 members (excludes halogenated alkanes) is 1. The second-order valence-electron chi connectivity index (χ2n) is 10.7. The maximum absolute atomic E-state index is 13.7. The molecule has 0 saturated heterocycles. The Hall–Kier alpha value is -4.78. The molecule has 1 N–H and O–H groups in total. The van der Waals surface area contributed by atoms with E-state index in [4.69, 9.17) is 4.52 Å². The van der Waals surface area contributed by atoms with E-state index in [1.54, 1.807) is 38.1 Å². The number of anilines is 1. The van der Waals surface area contributed by atoms with Crippen LogP contribution in [0.4, 0.5) is 19.0 Å². The first-order valence-electron chi connectivity index (χ1n) is 14.3. The lowest BCUT2D eigenvalue weighted by atomic mass is 10.1. The first-order valence-corrected chi connectivity index (χ1v) is 15.8. The van der Waals surface area contributed by atoms with E-state index < -0.39 is 16.4 Å². The van der Waals surface area contributed by atoms with Crippen molar-refractivity contribution < 1.29 is 30.8 Å². The molecule has 3 aromatic heterocycles. The summed E-state index contributed by atoms with van der Waals surface area (Å²) in [6.07, 6.45) is -0.527. The molecule has 0 aliphatic rings. The van der Waals surface area contributed by atoms with Crippen LogP contribution in [0.5, 0.6) is 5.75 Å². The summed E-state index contributed by atoms with van der Waals surface area (Å²) in [4.78, 5) is 4.73. The third kappa shape index (κ3) is 5.99. The molecule has 0 radical (unpaired) electrons. The maximum Gasteiger partial charge on any atom is 0.573 e. The van der Waals surface area contributed by atoms with Gasteiger partial charge in [-0.2, -0.15) is 0 Å². The highest BCUT2D eigenvalue weighted by molar-refractivity contribution is 7.92. The van der Waals surface area contributed by atoms with Gasteiger partial charge in [-0.15, -0.1) is 13.2 Å². The number of sulfonamides is 1. The van der Waals surface area contributed by atoms with Gasteiger partial charge in [0, 0.05) is 29.6 Å². The van der Waals surface area contributed by atoms with E-state index in [1.165, 1.54) is 18.2 Å². The Balaban J connectivity index is 1.44. The van der Waals surface area contributed by atoms with Crippen molar-refractivity contribution in [1.29, 1.82) is 0 Å². The van der Waals surface area contributed by atoms with Gasteiger partial charge in [0.2, 0.25) is 0 Å². The summed E-state index contributed by atoms with van der Waals surface area (Å²) in [7, 11) is -4.07. The zero-order chi connectivity index (χ0) is 31.9. The molecule has 9 nitrogen and oxygen atoms in total. The number of rotatable bonds is 10. The molecule has 0 fully saturated rings. The normalized spacial score (nSPS) is 12.3. The summed E-state index contributed by atoms with van der Waals surface area (Å²) in [5.41, 5.74) is 3.74. The summed E-state index contributed by atoms with van der Waals surface area (Å²) in [6, 6.07) is 18.5. The van der Waals surface area contributed by atoms with Gasteiger partial charge in [-0.1, -0.05) is 48.8 Å². The highest BCUT2D eigenvalue weighted by Gasteiger charge is 2.31. The van der Waals surface area contributed by atoms with Gasteiger partial charge < -0.3 is 18.4 Å². The lowest BCUT2D eigenvalue weighted by Gasteiger charge is -2.13. The monoisotopic (exact) mass is 637 g/mol. The van der Waals surface area contributed by atoms with Crippen LogP contribution in [0, 0.1) is 13.8 Å². The zero-order valence-electron chi connectivity index (χ0n) is 24.7. The first kappa shape index (κ1) is 30.3. The van der Waals surface area contributed by atoms with Crippen LogP contribution in [-0.2, 0) is 23.0 Å². The van der Waals surface area contributed by atoms with Crippen molar-refractivity contribution in [2.45, 2.75) is 57.8 Å². The van der Waals surface area contributed by atoms with Crippen LogP contribution in [-0.4, -0.2) is 34.1 Å². The Labute approximate surface area is 257 Å². The highest BCUT2D eigenvalue weighted by atomic mass is 32.2. The van der Waals surface area contributed by atoms with Crippen LogP contribution in [0.15, 0.2) is 82.3 Å². The fourth-order valence-electron chi connectivity index (χ4n) is 5.38. The van der Waals surface area contributed by atoms with E-state index >= 15 is 0 Å². The highest BCUT2D eigenvalue weighted by Crippen LogP contribution is 2.33. The number of hydrogen-bond donors (Lipinski definition) is 1. The molecule has 3 aromatic carbocycles.